The van der Waals surface area contributed by atoms with Gasteiger partial charge in [0.2, 0.25) is 0 Å². The predicted octanol–water partition coefficient (Wildman–Crippen LogP) is 0.483. The quantitative estimate of drug-likeness (QED) is 0.773. The molecule has 0 saturated heterocycles. The highest BCUT2D eigenvalue weighted by Crippen LogP contribution is 2.27. The minimum atomic E-state index is -0.141. The van der Waals surface area contributed by atoms with Crippen molar-refractivity contribution in [2.45, 2.75) is 18.9 Å². The van der Waals surface area contributed by atoms with E-state index < -0.39 is 0 Å². The van der Waals surface area contributed by atoms with Crippen LogP contribution in [0.25, 0.3) is 0 Å². The maximum absolute atomic E-state index is 12.0. The van der Waals surface area contributed by atoms with Gasteiger partial charge >= 0.3 is 0 Å². The van der Waals surface area contributed by atoms with Crippen molar-refractivity contribution < 1.29 is 9.90 Å². The van der Waals surface area contributed by atoms with Gasteiger partial charge < -0.3 is 15.0 Å². The molecule has 0 atom stereocenters. The number of amides is 1. The SMILES string of the molecule is N#Cc1ccc(C(=O)N(CCO)C2CC2)[nH]1. The lowest BCUT2D eigenvalue weighted by Crippen LogP contribution is -2.35. The van der Waals surface area contributed by atoms with Gasteiger partial charge in [0, 0.05) is 12.6 Å². The summed E-state index contributed by atoms with van der Waals surface area (Å²) in [5.74, 6) is -0.141. The van der Waals surface area contributed by atoms with E-state index in [1.807, 2.05) is 6.07 Å². The fourth-order valence-corrected chi connectivity index (χ4v) is 1.68. The molecule has 5 heteroatoms. The van der Waals surface area contributed by atoms with Gasteiger partial charge in [-0.25, -0.2) is 0 Å². The fraction of sp³-hybridized carbons (Fsp3) is 0.455. The Bertz CT molecular complexity index is 429. The molecule has 1 saturated carbocycles. The monoisotopic (exact) mass is 219 g/mol. The molecule has 0 radical (unpaired) electrons. The maximum atomic E-state index is 12.0. The first-order valence-corrected chi connectivity index (χ1v) is 5.27. The largest absolute Gasteiger partial charge is 0.395 e. The first-order valence-electron chi connectivity index (χ1n) is 5.27. The van der Waals surface area contributed by atoms with E-state index in [0.717, 1.165) is 12.8 Å². The number of aliphatic hydroxyl groups is 1. The molecule has 2 rings (SSSR count). The molecule has 1 aliphatic carbocycles. The number of aliphatic hydroxyl groups excluding tert-OH is 1. The van der Waals surface area contributed by atoms with E-state index >= 15 is 0 Å². The number of carbonyl (C=O) groups is 1. The molecule has 1 aromatic rings. The van der Waals surface area contributed by atoms with Crippen molar-refractivity contribution >= 4 is 5.91 Å². The van der Waals surface area contributed by atoms with Gasteiger partial charge in [-0.2, -0.15) is 5.26 Å². The maximum Gasteiger partial charge on any atom is 0.270 e. The Hall–Kier alpha value is -1.80. The lowest BCUT2D eigenvalue weighted by molar-refractivity contribution is 0.0702. The lowest BCUT2D eigenvalue weighted by Gasteiger charge is -2.20. The second-order valence-electron chi connectivity index (χ2n) is 3.85. The average molecular weight is 219 g/mol. The number of nitrogens with zero attached hydrogens (tertiary/aromatic N) is 2. The third-order valence-corrected chi connectivity index (χ3v) is 2.63. The van der Waals surface area contributed by atoms with Gasteiger partial charge in [0.1, 0.15) is 17.5 Å². The highest BCUT2D eigenvalue weighted by atomic mass is 16.3. The summed E-state index contributed by atoms with van der Waals surface area (Å²) in [6.07, 6.45) is 2.00. The number of aromatic amines is 1. The third kappa shape index (κ3) is 2.07. The number of rotatable bonds is 4. The van der Waals surface area contributed by atoms with E-state index in [2.05, 4.69) is 4.98 Å². The predicted molar refractivity (Wildman–Crippen MR) is 56.7 cm³/mol. The minimum absolute atomic E-state index is 0.0337. The standard InChI is InChI=1S/C11H13N3O2/c12-7-8-1-4-10(13-8)11(16)14(5-6-15)9-2-3-9/h1,4,9,13,15H,2-3,5-6H2. The van der Waals surface area contributed by atoms with Crippen LogP contribution < -0.4 is 0 Å². The van der Waals surface area contributed by atoms with Crippen LogP contribution in [0, 0.1) is 11.3 Å². The molecule has 1 aliphatic rings. The first kappa shape index (κ1) is 10.7. The summed E-state index contributed by atoms with van der Waals surface area (Å²) in [4.78, 5) is 16.4. The molecule has 1 fully saturated rings. The van der Waals surface area contributed by atoms with Crippen LogP contribution in [0.2, 0.25) is 0 Å². The van der Waals surface area contributed by atoms with Crippen LogP contribution >= 0.6 is 0 Å². The van der Waals surface area contributed by atoms with Crippen molar-refractivity contribution in [2.24, 2.45) is 0 Å². The number of nitrogens with one attached hydrogen (secondary N) is 1. The molecule has 0 bridgehead atoms. The summed E-state index contributed by atoms with van der Waals surface area (Å²) >= 11 is 0. The van der Waals surface area contributed by atoms with Gasteiger partial charge in [0.15, 0.2) is 0 Å². The van der Waals surface area contributed by atoms with Gasteiger partial charge in [-0.05, 0) is 25.0 Å². The van der Waals surface area contributed by atoms with E-state index in [4.69, 9.17) is 10.4 Å². The summed E-state index contributed by atoms with van der Waals surface area (Å²) in [7, 11) is 0. The Morgan fingerprint density at radius 2 is 2.38 bits per heavy atom. The molecule has 1 aromatic heterocycles. The van der Waals surface area contributed by atoms with Crippen LogP contribution in [0.1, 0.15) is 29.0 Å². The number of carbonyl (C=O) groups excluding carboxylic acids is 1. The van der Waals surface area contributed by atoms with Gasteiger partial charge in [-0.15, -0.1) is 0 Å². The summed E-state index contributed by atoms with van der Waals surface area (Å²) in [5, 5.41) is 17.6. The van der Waals surface area contributed by atoms with Crippen LogP contribution in [-0.2, 0) is 0 Å². The smallest absolute Gasteiger partial charge is 0.270 e. The van der Waals surface area contributed by atoms with Gasteiger partial charge in [0.05, 0.1) is 6.61 Å². The molecular formula is C11H13N3O2. The molecule has 1 heterocycles. The number of nitriles is 1. The van der Waals surface area contributed by atoms with Crippen molar-refractivity contribution in [3.8, 4) is 6.07 Å². The Kier molecular flexibility index (Phi) is 2.93. The minimum Gasteiger partial charge on any atom is -0.395 e. The van der Waals surface area contributed by atoms with Crippen molar-refractivity contribution in [3.05, 3.63) is 23.5 Å². The summed E-state index contributed by atoms with van der Waals surface area (Å²) in [5.41, 5.74) is 0.792. The zero-order chi connectivity index (χ0) is 11.5. The molecule has 84 valence electrons. The summed E-state index contributed by atoms with van der Waals surface area (Å²) in [6, 6.07) is 5.39. The Balaban J connectivity index is 2.12. The van der Waals surface area contributed by atoms with E-state index in [1.54, 1.807) is 17.0 Å². The van der Waals surface area contributed by atoms with Crippen LogP contribution in [0.15, 0.2) is 12.1 Å². The molecule has 0 aromatic carbocycles. The Labute approximate surface area is 93.3 Å². The van der Waals surface area contributed by atoms with E-state index in [0.29, 0.717) is 17.9 Å². The summed E-state index contributed by atoms with van der Waals surface area (Å²) in [6.45, 7) is 0.318. The molecular weight excluding hydrogens is 206 g/mol. The summed E-state index contributed by atoms with van der Waals surface area (Å²) < 4.78 is 0. The van der Waals surface area contributed by atoms with E-state index in [9.17, 15) is 4.79 Å². The van der Waals surface area contributed by atoms with Crippen LogP contribution in [0.3, 0.4) is 0 Å². The second-order valence-corrected chi connectivity index (χ2v) is 3.85. The second kappa shape index (κ2) is 4.37. The normalized spacial score (nSPS) is 14.5. The van der Waals surface area contributed by atoms with Crippen molar-refractivity contribution in [2.75, 3.05) is 13.2 Å². The Morgan fingerprint density at radius 3 is 2.88 bits per heavy atom. The molecule has 0 unspecified atom stereocenters. The van der Waals surface area contributed by atoms with Gasteiger partial charge in [-0.1, -0.05) is 0 Å². The molecule has 5 nitrogen and oxygen atoms in total. The van der Waals surface area contributed by atoms with Crippen molar-refractivity contribution in [1.29, 1.82) is 5.26 Å². The number of H-pyrrole nitrogens is 1. The molecule has 0 aliphatic heterocycles. The molecule has 1 amide bonds. The Morgan fingerprint density at radius 1 is 1.62 bits per heavy atom. The first-order chi connectivity index (χ1) is 7.76. The van der Waals surface area contributed by atoms with Crippen LogP contribution in [-0.4, -0.2) is 40.1 Å². The fourth-order valence-electron chi connectivity index (χ4n) is 1.68. The molecule has 2 N–H and O–H groups in total. The number of hydrogen-bond acceptors (Lipinski definition) is 3. The van der Waals surface area contributed by atoms with Crippen LogP contribution in [0.5, 0.6) is 0 Å². The number of hydrogen-bond donors (Lipinski definition) is 2. The van der Waals surface area contributed by atoms with Crippen molar-refractivity contribution in [1.82, 2.24) is 9.88 Å². The molecule has 0 spiro atoms. The zero-order valence-electron chi connectivity index (χ0n) is 8.81. The van der Waals surface area contributed by atoms with Gasteiger partial charge in [-0.3, -0.25) is 4.79 Å². The van der Waals surface area contributed by atoms with E-state index in [-0.39, 0.29) is 18.6 Å². The zero-order valence-corrected chi connectivity index (χ0v) is 8.81. The number of aromatic nitrogens is 1. The van der Waals surface area contributed by atoms with E-state index in [1.165, 1.54) is 0 Å². The van der Waals surface area contributed by atoms with Crippen molar-refractivity contribution in [3.63, 3.8) is 0 Å². The lowest BCUT2D eigenvalue weighted by atomic mass is 10.3. The van der Waals surface area contributed by atoms with Gasteiger partial charge in [0.25, 0.3) is 5.91 Å². The highest BCUT2D eigenvalue weighted by Gasteiger charge is 2.33. The average Bonchev–Trinajstić information content (AvgIpc) is 3.02. The molecule has 16 heavy (non-hydrogen) atoms. The third-order valence-electron chi connectivity index (χ3n) is 2.63. The van der Waals surface area contributed by atoms with Crippen LogP contribution in [0.4, 0.5) is 0 Å². The highest BCUT2D eigenvalue weighted by molar-refractivity contribution is 5.93. The topological polar surface area (TPSA) is 80.1 Å².